The first-order valence-corrected chi connectivity index (χ1v) is 9.84. The quantitative estimate of drug-likeness (QED) is 0.853. The van der Waals surface area contributed by atoms with Crippen molar-refractivity contribution in [3.05, 3.63) is 35.9 Å². The number of rotatable bonds is 5. The van der Waals surface area contributed by atoms with Gasteiger partial charge in [0.1, 0.15) is 6.04 Å². The molecule has 0 radical (unpaired) electrons. The van der Waals surface area contributed by atoms with Crippen molar-refractivity contribution >= 4 is 15.9 Å². The van der Waals surface area contributed by atoms with Crippen LogP contribution >= 0.6 is 0 Å². The molecule has 0 aromatic heterocycles. The Kier molecular flexibility index (Phi) is 4.70. The molecule has 0 unspecified atom stereocenters. The highest BCUT2D eigenvalue weighted by Gasteiger charge is 2.34. The number of piperazine rings is 1. The zero-order valence-electron chi connectivity index (χ0n) is 13.3. The monoisotopic (exact) mass is 337 g/mol. The fraction of sp³-hybridized carbons (Fsp3) is 0.562. The van der Waals surface area contributed by atoms with Crippen LogP contribution in [-0.4, -0.2) is 62.0 Å². The molecule has 1 aliphatic carbocycles. The first-order chi connectivity index (χ1) is 10.9. The summed E-state index contributed by atoms with van der Waals surface area (Å²) in [5.74, 6) is 0.0199. The summed E-state index contributed by atoms with van der Waals surface area (Å²) in [6, 6.07) is 9.67. The van der Waals surface area contributed by atoms with Gasteiger partial charge in [-0.25, -0.2) is 8.42 Å². The molecule has 1 atom stereocenters. The van der Waals surface area contributed by atoms with Crippen LogP contribution in [-0.2, 0) is 14.8 Å². The molecule has 1 amide bonds. The Hall–Kier alpha value is -1.44. The summed E-state index contributed by atoms with van der Waals surface area (Å²) < 4.78 is 24.8. The number of nitrogens with zero attached hydrogens (tertiary/aromatic N) is 2. The second-order valence-electron chi connectivity index (χ2n) is 6.29. The molecule has 1 aliphatic heterocycles. The molecule has 23 heavy (non-hydrogen) atoms. The molecule has 126 valence electrons. The third-order valence-electron chi connectivity index (χ3n) is 4.39. The molecular formula is C16H23N3O3S. The van der Waals surface area contributed by atoms with E-state index in [2.05, 4.69) is 10.2 Å². The molecule has 1 aromatic carbocycles. The summed E-state index contributed by atoms with van der Waals surface area (Å²) in [4.78, 5) is 14.8. The number of benzene rings is 1. The summed E-state index contributed by atoms with van der Waals surface area (Å²) in [6.07, 6.45) is 3.33. The van der Waals surface area contributed by atoms with Crippen molar-refractivity contribution in [3.63, 3.8) is 0 Å². The van der Waals surface area contributed by atoms with Gasteiger partial charge in [0.2, 0.25) is 15.9 Å². The number of carbonyl (C=O) groups is 1. The van der Waals surface area contributed by atoms with Gasteiger partial charge in [-0.15, -0.1) is 0 Å². The highest BCUT2D eigenvalue weighted by Crippen LogP contribution is 2.26. The van der Waals surface area contributed by atoms with Crippen molar-refractivity contribution in [1.29, 1.82) is 0 Å². The van der Waals surface area contributed by atoms with Gasteiger partial charge in [-0.1, -0.05) is 30.3 Å². The first-order valence-electron chi connectivity index (χ1n) is 7.99. The maximum Gasteiger partial charge on any atom is 0.242 e. The van der Waals surface area contributed by atoms with E-state index in [1.54, 1.807) is 0 Å². The van der Waals surface area contributed by atoms with E-state index < -0.39 is 10.0 Å². The lowest BCUT2D eigenvalue weighted by molar-refractivity contribution is -0.127. The lowest BCUT2D eigenvalue weighted by Crippen LogP contribution is -2.52. The third-order valence-corrected chi connectivity index (χ3v) is 5.70. The van der Waals surface area contributed by atoms with Gasteiger partial charge in [0.15, 0.2) is 0 Å². The van der Waals surface area contributed by atoms with E-state index >= 15 is 0 Å². The van der Waals surface area contributed by atoms with Gasteiger partial charge in [-0.3, -0.25) is 9.69 Å². The van der Waals surface area contributed by atoms with E-state index in [-0.39, 0.29) is 11.9 Å². The number of hydrogen-bond acceptors (Lipinski definition) is 4. The van der Waals surface area contributed by atoms with Gasteiger partial charge < -0.3 is 5.32 Å². The average molecular weight is 337 g/mol. The smallest absolute Gasteiger partial charge is 0.242 e. The Bertz CT molecular complexity index is 650. The van der Waals surface area contributed by atoms with Crippen LogP contribution in [0.2, 0.25) is 0 Å². The maximum absolute atomic E-state index is 12.7. The van der Waals surface area contributed by atoms with Crippen LogP contribution in [0, 0.1) is 0 Å². The van der Waals surface area contributed by atoms with Gasteiger partial charge in [-0.2, -0.15) is 4.31 Å². The Morgan fingerprint density at radius 3 is 2.26 bits per heavy atom. The normalized spacial score (nSPS) is 21.8. The summed E-state index contributed by atoms with van der Waals surface area (Å²) in [5.41, 5.74) is 0.957. The van der Waals surface area contributed by atoms with Gasteiger partial charge in [-0.05, 0) is 18.4 Å². The van der Waals surface area contributed by atoms with Gasteiger partial charge in [0.25, 0.3) is 0 Å². The molecule has 1 N–H and O–H groups in total. The number of sulfonamides is 1. The fourth-order valence-corrected chi connectivity index (χ4v) is 3.79. The number of hydrogen-bond donors (Lipinski definition) is 1. The molecule has 1 saturated carbocycles. The van der Waals surface area contributed by atoms with E-state index in [9.17, 15) is 13.2 Å². The van der Waals surface area contributed by atoms with E-state index in [1.807, 2.05) is 30.3 Å². The molecule has 1 heterocycles. The highest BCUT2D eigenvalue weighted by molar-refractivity contribution is 7.88. The lowest BCUT2D eigenvalue weighted by Gasteiger charge is -2.37. The first kappa shape index (κ1) is 16.4. The average Bonchev–Trinajstić information content (AvgIpc) is 3.32. The van der Waals surface area contributed by atoms with Crippen LogP contribution in [0.25, 0.3) is 0 Å². The summed E-state index contributed by atoms with van der Waals surface area (Å²) >= 11 is 0. The predicted molar refractivity (Wildman–Crippen MR) is 88.3 cm³/mol. The lowest BCUT2D eigenvalue weighted by atomic mass is 10.0. The van der Waals surface area contributed by atoms with Crippen LogP contribution in [0.1, 0.15) is 24.4 Å². The van der Waals surface area contributed by atoms with Gasteiger partial charge in [0, 0.05) is 32.2 Å². The largest absolute Gasteiger partial charge is 0.352 e. The molecular weight excluding hydrogens is 314 g/mol. The van der Waals surface area contributed by atoms with Crippen LogP contribution in [0.3, 0.4) is 0 Å². The maximum atomic E-state index is 12.7. The number of nitrogens with one attached hydrogen (secondary N) is 1. The van der Waals surface area contributed by atoms with Crippen LogP contribution in [0.4, 0.5) is 0 Å². The molecule has 1 aromatic rings. The van der Waals surface area contributed by atoms with Crippen molar-refractivity contribution in [3.8, 4) is 0 Å². The van der Waals surface area contributed by atoms with Crippen molar-refractivity contribution in [2.45, 2.75) is 24.9 Å². The zero-order chi connectivity index (χ0) is 16.4. The molecule has 0 spiro atoms. The van der Waals surface area contributed by atoms with Crippen LogP contribution in [0.5, 0.6) is 0 Å². The Balaban J connectivity index is 1.75. The Labute approximate surface area is 137 Å². The van der Waals surface area contributed by atoms with E-state index in [0.717, 1.165) is 18.4 Å². The second-order valence-corrected chi connectivity index (χ2v) is 8.28. The summed E-state index contributed by atoms with van der Waals surface area (Å²) in [7, 11) is -3.16. The second kappa shape index (κ2) is 6.59. The van der Waals surface area contributed by atoms with Gasteiger partial charge >= 0.3 is 0 Å². The molecule has 2 aliphatic rings. The molecule has 2 fully saturated rings. The highest BCUT2D eigenvalue weighted by atomic mass is 32.2. The molecule has 7 heteroatoms. The number of carbonyl (C=O) groups excluding carboxylic acids is 1. The summed E-state index contributed by atoms with van der Waals surface area (Å²) in [6.45, 7) is 1.98. The van der Waals surface area contributed by atoms with Crippen molar-refractivity contribution < 1.29 is 13.2 Å². The third kappa shape index (κ3) is 4.10. The Morgan fingerprint density at radius 2 is 1.74 bits per heavy atom. The molecule has 3 rings (SSSR count). The van der Waals surface area contributed by atoms with Crippen LogP contribution < -0.4 is 5.32 Å². The van der Waals surface area contributed by atoms with E-state index in [4.69, 9.17) is 0 Å². The topological polar surface area (TPSA) is 69.7 Å². The minimum Gasteiger partial charge on any atom is -0.352 e. The zero-order valence-corrected chi connectivity index (χ0v) is 14.1. The van der Waals surface area contributed by atoms with Crippen molar-refractivity contribution in [2.24, 2.45) is 0 Å². The number of amides is 1. The minimum absolute atomic E-state index is 0.0199. The standard InChI is InChI=1S/C16H23N3O3S/c1-23(21,22)19-11-9-18(10-12-19)15(13-5-3-2-4-6-13)16(20)17-14-7-8-14/h2-6,14-15H,7-12H2,1H3,(H,17,20)/t15-/m0/s1. The molecule has 0 bridgehead atoms. The fourth-order valence-electron chi connectivity index (χ4n) is 2.96. The predicted octanol–water partition coefficient (Wildman–Crippen LogP) is 0.584. The van der Waals surface area contributed by atoms with E-state index in [1.165, 1.54) is 10.6 Å². The minimum atomic E-state index is -3.16. The Morgan fingerprint density at radius 1 is 1.13 bits per heavy atom. The summed E-state index contributed by atoms with van der Waals surface area (Å²) in [5, 5.41) is 3.08. The van der Waals surface area contributed by atoms with Crippen molar-refractivity contribution in [2.75, 3.05) is 32.4 Å². The molecule has 6 nitrogen and oxygen atoms in total. The van der Waals surface area contributed by atoms with Gasteiger partial charge in [0.05, 0.1) is 6.26 Å². The SMILES string of the molecule is CS(=O)(=O)N1CCN([C@H](C(=O)NC2CC2)c2ccccc2)CC1. The van der Waals surface area contributed by atoms with E-state index in [0.29, 0.717) is 32.2 Å². The molecule has 1 saturated heterocycles. The van der Waals surface area contributed by atoms with Crippen LogP contribution in [0.15, 0.2) is 30.3 Å². The van der Waals surface area contributed by atoms with Crippen molar-refractivity contribution in [1.82, 2.24) is 14.5 Å².